The number of aromatic hydroxyl groups is 2. The molecule has 2 aromatic rings. The second-order valence-electron chi connectivity index (χ2n) is 3.84. The lowest BCUT2D eigenvalue weighted by Gasteiger charge is -1.98. The monoisotopic (exact) mass is 227 g/mol. The van der Waals surface area contributed by atoms with Gasteiger partial charge in [0.25, 0.3) is 0 Å². The van der Waals surface area contributed by atoms with E-state index in [9.17, 15) is 5.11 Å². The number of hydrogen-bond donors (Lipinski definition) is 2. The summed E-state index contributed by atoms with van der Waals surface area (Å²) < 4.78 is 0. The fourth-order valence-electron chi connectivity index (χ4n) is 1.40. The summed E-state index contributed by atoms with van der Waals surface area (Å²) in [6.45, 7) is 2.02. The molecule has 0 aliphatic heterocycles. The predicted molar refractivity (Wildman–Crippen MR) is 68.2 cm³/mol. The van der Waals surface area contributed by atoms with Crippen LogP contribution in [-0.4, -0.2) is 16.4 Å². The van der Waals surface area contributed by atoms with Crippen LogP contribution in [0.1, 0.15) is 11.1 Å². The number of rotatable bonds is 2. The average molecular weight is 227 g/mol. The van der Waals surface area contributed by atoms with Crippen LogP contribution < -0.4 is 0 Å². The van der Waals surface area contributed by atoms with Gasteiger partial charge in [0.05, 0.1) is 5.69 Å². The molecule has 17 heavy (non-hydrogen) atoms. The van der Waals surface area contributed by atoms with Gasteiger partial charge in [-0.25, -0.2) is 0 Å². The SMILES string of the molecule is Cc1ccc(/N=C/c2ccc(O)c(O)c2)cc1. The standard InChI is InChI=1S/C14H13NO2/c1-10-2-5-12(6-3-10)15-9-11-4-7-13(16)14(17)8-11/h2-9,16-17H,1H3/b15-9+. The molecule has 0 heterocycles. The zero-order valence-electron chi connectivity index (χ0n) is 9.46. The van der Waals surface area contributed by atoms with Gasteiger partial charge in [0.15, 0.2) is 11.5 Å². The van der Waals surface area contributed by atoms with E-state index < -0.39 is 0 Å². The first-order valence-electron chi connectivity index (χ1n) is 5.28. The maximum Gasteiger partial charge on any atom is 0.158 e. The minimum atomic E-state index is -0.141. The van der Waals surface area contributed by atoms with Crippen LogP contribution in [0, 0.1) is 6.92 Å². The van der Waals surface area contributed by atoms with Gasteiger partial charge in [0.1, 0.15) is 0 Å². The lowest BCUT2D eigenvalue weighted by molar-refractivity contribution is 0.403. The zero-order valence-corrected chi connectivity index (χ0v) is 9.46. The Morgan fingerprint density at radius 1 is 0.941 bits per heavy atom. The highest BCUT2D eigenvalue weighted by Crippen LogP contribution is 2.24. The van der Waals surface area contributed by atoms with Crippen molar-refractivity contribution in [3.63, 3.8) is 0 Å². The molecular weight excluding hydrogens is 214 g/mol. The lowest BCUT2D eigenvalue weighted by atomic mass is 10.2. The van der Waals surface area contributed by atoms with Crippen LogP contribution in [0.4, 0.5) is 5.69 Å². The third kappa shape index (κ3) is 2.84. The molecule has 0 aliphatic rings. The lowest BCUT2D eigenvalue weighted by Crippen LogP contribution is -1.80. The van der Waals surface area contributed by atoms with E-state index in [1.165, 1.54) is 17.7 Å². The fraction of sp³-hybridized carbons (Fsp3) is 0.0714. The molecule has 0 amide bonds. The van der Waals surface area contributed by atoms with E-state index in [2.05, 4.69) is 4.99 Å². The fourth-order valence-corrected chi connectivity index (χ4v) is 1.40. The highest BCUT2D eigenvalue weighted by atomic mass is 16.3. The molecule has 0 saturated heterocycles. The smallest absolute Gasteiger partial charge is 0.158 e. The Labute approximate surface area is 99.7 Å². The van der Waals surface area contributed by atoms with Crippen molar-refractivity contribution in [2.45, 2.75) is 6.92 Å². The van der Waals surface area contributed by atoms with Gasteiger partial charge in [0.2, 0.25) is 0 Å². The molecule has 0 aliphatic carbocycles. The van der Waals surface area contributed by atoms with Gasteiger partial charge in [-0.15, -0.1) is 0 Å². The summed E-state index contributed by atoms with van der Waals surface area (Å²) >= 11 is 0. The maximum atomic E-state index is 9.32. The van der Waals surface area contributed by atoms with E-state index in [1.54, 1.807) is 12.3 Å². The highest BCUT2D eigenvalue weighted by Gasteiger charge is 1.98. The van der Waals surface area contributed by atoms with E-state index in [4.69, 9.17) is 5.11 Å². The van der Waals surface area contributed by atoms with Crippen molar-refractivity contribution in [3.05, 3.63) is 53.6 Å². The van der Waals surface area contributed by atoms with Crippen molar-refractivity contribution >= 4 is 11.9 Å². The van der Waals surface area contributed by atoms with Crippen LogP contribution >= 0.6 is 0 Å². The highest BCUT2D eigenvalue weighted by molar-refractivity contribution is 5.83. The summed E-state index contributed by atoms with van der Waals surface area (Å²) in [7, 11) is 0. The summed E-state index contributed by atoms with van der Waals surface area (Å²) in [6, 6.07) is 12.4. The molecule has 0 fully saturated rings. The molecule has 0 bridgehead atoms. The van der Waals surface area contributed by atoms with E-state index in [0.717, 1.165) is 11.3 Å². The normalized spacial score (nSPS) is 10.9. The molecule has 2 aromatic carbocycles. The Morgan fingerprint density at radius 3 is 2.29 bits per heavy atom. The number of hydrogen-bond acceptors (Lipinski definition) is 3. The van der Waals surface area contributed by atoms with Gasteiger partial charge >= 0.3 is 0 Å². The van der Waals surface area contributed by atoms with Gasteiger partial charge in [-0.05, 0) is 42.8 Å². The van der Waals surface area contributed by atoms with Crippen LogP contribution in [0.25, 0.3) is 0 Å². The van der Waals surface area contributed by atoms with E-state index in [1.807, 2.05) is 31.2 Å². The molecule has 0 radical (unpaired) electrons. The van der Waals surface area contributed by atoms with Crippen LogP contribution in [-0.2, 0) is 0 Å². The van der Waals surface area contributed by atoms with Gasteiger partial charge in [-0.2, -0.15) is 0 Å². The first kappa shape index (κ1) is 11.2. The number of phenols is 2. The Morgan fingerprint density at radius 2 is 1.65 bits per heavy atom. The minimum absolute atomic E-state index is 0.127. The topological polar surface area (TPSA) is 52.8 Å². The number of benzene rings is 2. The molecule has 2 N–H and O–H groups in total. The number of phenolic OH excluding ortho intramolecular Hbond substituents is 2. The molecule has 0 saturated carbocycles. The van der Waals surface area contributed by atoms with Crippen LogP contribution in [0.3, 0.4) is 0 Å². The first-order valence-corrected chi connectivity index (χ1v) is 5.28. The van der Waals surface area contributed by atoms with E-state index in [-0.39, 0.29) is 11.5 Å². The number of nitrogens with zero attached hydrogens (tertiary/aromatic N) is 1. The second kappa shape index (κ2) is 4.70. The maximum absolute atomic E-state index is 9.32. The van der Waals surface area contributed by atoms with E-state index in [0.29, 0.717) is 0 Å². The Bertz CT molecular complexity index is 545. The van der Waals surface area contributed by atoms with Crippen molar-refractivity contribution in [2.24, 2.45) is 4.99 Å². The number of aliphatic imine (C=N–C) groups is 1. The van der Waals surface area contributed by atoms with Crippen molar-refractivity contribution in [2.75, 3.05) is 0 Å². The predicted octanol–water partition coefficient (Wildman–Crippen LogP) is 3.16. The molecule has 0 unspecified atom stereocenters. The first-order chi connectivity index (χ1) is 8.15. The Kier molecular flexibility index (Phi) is 3.10. The number of aryl methyl sites for hydroxylation is 1. The van der Waals surface area contributed by atoms with Gasteiger partial charge in [0, 0.05) is 6.21 Å². The molecular formula is C14H13NO2. The van der Waals surface area contributed by atoms with Gasteiger partial charge in [-0.3, -0.25) is 4.99 Å². The Hall–Kier alpha value is -2.29. The third-order valence-corrected chi connectivity index (χ3v) is 2.40. The summed E-state index contributed by atoms with van der Waals surface area (Å²) in [5, 5.41) is 18.5. The van der Waals surface area contributed by atoms with Crippen molar-refractivity contribution in [1.29, 1.82) is 0 Å². The molecule has 0 atom stereocenters. The van der Waals surface area contributed by atoms with Crippen molar-refractivity contribution in [1.82, 2.24) is 0 Å². The van der Waals surface area contributed by atoms with Crippen LogP contribution in [0.2, 0.25) is 0 Å². The van der Waals surface area contributed by atoms with Crippen molar-refractivity contribution < 1.29 is 10.2 Å². The Balaban J connectivity index is 2.20. The van der Waals surface area contributed by atoms with Crippen LogP contribution in [0.15, 0.2) is 47.5 Å². The van der Waals surface area contributed by atoms with Gasteiger partial charge in [-0.1, -0.05) is 17.7 Å². The molecule has 3 heteroatoms. The minimum Gasteiger partial charge on any atom is -0.504 e. The summed E-state index contributed by atoms with van der Waals surface area (Å²) in [5.41, 5.74) is 2.77. The van der Waals surface area contributed by atoms with Gasteiger partial charge < -0.3 is 10.2 Å². The molecule has 3 nitrogen and oxygen atoms in total. The van der Waals surface area contributed by atoms with Crippen molar-refractivity contribution in [3.8, 4) is 11.5 Å². The second-order valence-corrected chi connectivity index (χ2v) is 3.84. The summed E-state index contributed by atoms with van der Waals surface area (Å²) in [6.07, 6.45) is 1.64. The molecule has 0 spiro atoms. The molecule has 0 aromatic heterocycles. The zero-order chi connectivity index (χ0) is 12.3. The molecule has 86 valence electrons. The molecule has 2 rings (SSSR count). The quantitative estimate of drug-likeness (QED) is 0.611. The van der Waals surface area contributed by atoms with E-state index >= 15 is 0 Å². The summed E-state index contributed by atoms with van der Waals surface area (Å²) in [5.74, 6) is -0.268. The van der Waals surface area contributed by atoms with Crippen LogP contribution in [0.5, 0.6) is 11.5 Å². The summed E-state index contributed by atoms with van der Waals surface area (Å²) in [4.78, 5) is 4.27. The largest absolute Gasteiger partial charge is 0.504 e. The third-order valence-electron chi connectivity index (χ3n) is 2.40. The average Bonchev–Trinajstić information content (AvgIpc) is 2.33.